The Balaban J connectivity index is 2.00. The fraction of sp³-hybridized carbons (Fsp3) is 0.294. The molecule has 1 aliphatic rings. The first kappa shape index (κ1) is 15.7. The smallest absolute Gasteiger partial charge is 0.406 e. The molecule has 0 bridgehead atoms. The van der Waals surface area contributed by atoms with Crippen molar-refractivity contribution in [2.45, 2.75) is 24.7 Å². The Kier molecular flexibility index (Phi) is 4.17. The Morgan fingerprint density at radius 1 is 1.13 bits per heavy atom. The number of halogens is 3. The Morgan fingerprint density at radius 2 is 1.87 bits per heavy atom. The van der Waals surface area contributed by atoms with E-state index in [4.69, 9.17) is 0 Å². The van der Waals surface area contributed by atoms with Gasteiger partial charge in [0.15, 0.2) is 0 Å². The molecular weight excluding hydrogens is 307 g/mol. The number of nitrogens with one attached hydrogen (secondary N) is 1. The van der Waals surface area contributed by atoms with Crippen LogP contribution in [0.5, 0.6) is 5.75 Å². The van der Waals surface area contributed by atoms with Crippen LogP contribution in [0.25, 0.3) is 0 Å². The second-order valence-corrected chi connectivity index (χ2v) is 5.52. The molecule has 0 spiro atoms. The summed E-state index contributed by atoms with van der Waals surface area (Å²) in [5.74, 6) is -0.331. The van der Waals surface area contributed by atoms with Crippen LogP contribution in [0.1, 0.15) is 23.5 Å². The van der Waals surface area contributed by atoms with E-state index in [1.54, 1.807) is 6.07 Å². The highest BCUT2D eigenvalue weighted by molar-refractivity contribution is 5.60. The molecule has 6 heteroatoms. The van der Waals surface area contributed by atoms with Gasteiger partial charge in [-0.2, -0.15) is 0 Å². The normalized spacial score (nSPS) is 20.5. The summed E-state index contributed by atoms with van der Waals surface area (Å²) in [4.78, 5) is 0. The van der Waals surface area contributed by atoms with Gasteiger partial charge in [-0.15, -0.1) is 13.2 Å². The van der Waals surface area contributed by atoms with Gasteiger partial charge in [-0.05, 0) is 35.7 Å². The highest BCUT2D eigenvalue weighted by atomic mass is 19.4. The second kappa shape index (κ2) is 6.12. The molecule has 2 N–H and O–H groups in total. The van der Waals surface area contributed by atoms with Crippen LogP contribution < -0.4 is 10.1 Å². The molecule has 1 aliphatic heterocycles. The highest BCUT2D eigenvalue weighted by Crippen LogP contribution is 2.41. The van der Waals surface area contributed by atoms with Crippen LogP contribution in [-0.4, -0.2) is 24.1 Å². The number of fused-ring (bicyclic) bond motifs is 1. The number of anilines is 1. The molecule has 3 nitrogen and oxygen atoms in total. The van der Waals surface area contributed by atoms with Gasteiger partial charge in [0.1, 0.15) is 5.75 Å². The van der Waals surface area contributed by atoms with Gasteiger partial charge in [0, 0.05) is 11.6 Å². The quantitative estimate of drug-likeness (QED) is 0.900. The summed E-state index contributed by atoms with van der Waals surface area (Å²) in [6.07, 6.45) is -4.12. The molecule has 3 rings (SSSR count). The number of ether oxygens (including phenoxy) is 1. The third-order valence-corrected chi connectivity index (χ3v) is 3.93. The van der Waals surface area contributed by atoms with Gasteiger partial charge in [0.05, 0.1) is 12.6 Å². The molecule has 122 valence electrons. The zero-order valence-electron chi connectivity index (χ0n) is 12.2. The van der Waals surface area contributed by atoms with Crippen LogP contribution >= 0.6 is 0 Å². The lowest BCUT2D eigenvalue weighted by Crippen LogP contribution is -2.31. The van der Waals surface area contributed by atoms with Crippen molar-refractivity contribution in [3.63, 3.8) is 0 Å². The van der Waals surface area contributed by atoms with Gasteiger partial charge in [-0.25, -0.2) is 0 Å². The standard InChI is InChI=1S/C17H16F3NO2/c18-17(19,20)23-13-6-7-16-15(9-13)14(8-12(10-22)21-16)11-4-2-1-3-5-11/h1-7,9,12,14,21-22H,8,10H2. The van der Waals surface area contributed by atoms with Crippen molar-refractivity contribution in [2.24, 2.45) is 0 Å². The Morgan fingerprint density at radius 3 is 2.52 bits per heavy atom. The van der Waals surface area contributed by atoms with E-state index in [0.717, 1.165) is 16.8 Å². The van der Waals surface area contributed by atoms with Crippen molar-refractivity contribution < 1.29 is 23.0 Å². The maximum absolute atomic E-state index is 12.4. The fourth-order valence-electron chi connectivity index (χ4n) is 2.97. The first-order valence-electron chi connectivity index (χ1n) is 7.28. The molecule has 0 saturated heterocycles. The van der Waals surface area contributed by atoms with E-state index in [-0.39, 0.29) is 24.3 Å². The number of benzene rings is 2. The molecule has 0 aliphatic carbocycles. The molecule has 23 heavy (non-hydrogen) atoms. The summed E-state index contributed by atoms with van der Waals surface area (Å²) in [6, 6.07) is 13.7. The molecule has 2 aromatic carbocycles. The highest BCUT2D eigenvalue weighted by Gasteiger charge is 2.33. The number of hydrogen-bond donors (Lipinski definition) is 2. The number of aliphatic hydroxyl groups is 1. The zero-order valence-corrected chi connectivity index (χ0v) is 12.2. The number of hydrogen-bond acceptors (Lipinski definition) is 3. The lowest BCUT2D eigenvalue weighted by atomic mass is 9.82. The van der Waals surface area contributed by atoms with Gasteiger partial charge < -0.3 is 15.2 Å². The molecule has 1 heterocycles. The van der Waals surface area contributed by atoms with Crippen LogP contribution in [0.4, 0.5) is 18.9 Å². The van der Waals surface area contributed by atoms with E-state index in [1.165, 1.54) is 12.1 Å². The van der Waals surface area contributed by atoms with Crippen molar-refractivity contribution in [3.05, 3.63) is 59.7 Å². The Bertz CT molecular complexity index is 673. The maximum atomic E-state index is 12.4. The summed E-state index contributed by atoms with van der Waals surface area (Å²) >= 11 is 0. The number of alkyl halides is 3. The lowest BCUT2D eigenvalue weighted by molar-refractivity contribution is -0.274. The zero-order chi connectivity index (χ0) is 16.4. The monoisotopic (exact) mass is 323 g/mol. The van der Waals surface area contributed by atoms with Crippen molar-refractivity contribution >= 4 is 5.69 Å². The molecular formula is C17H16F3NO2. The number of rotatable bonds is 3. The molecule has 2 atom stereocenters. The Hall–Kier alpha value is -2.21. The van der Waals surface area contributed by atoms with E-state index >= 15 is 0 Å². The maximum Gasteiger partial charge on any atom is 0.573 e. The minimum Gasteiger partial charge on any atom is -0.406 e. The van der Waals surface area contributed by atoms with E-state index in [2.05, 4.69) is 10.1 Å². The first-order valence-corrected chi connectivity index (χ1v) is 7.28. The minimum atomic E-state index is -4.72. The third kappa shape index (κ3) is 3.59. The largest absolute Gasteiger partial charge is 0.573 e. The molecule has 0 radical (unpaired) electrons. The lowest BCUT2D eigenvalue weighted by Gasteiger charge is -2.33. The minimum absolute atomic E-state index is 0.0381. The first-order chi connectivity index (χ1) is 11.0. The predicted octanol–water partition coefficient (Wildman–Crippen LogP) is 3.89. The van der Waals surface area contributed by atoms with Gasteiger partial charge in [0.2, 0.25) is 0 Å². The van der Waals surface area contributed by atoms with Gasteiger partial charge >= 0.3 is 6.36 Å². The van der Waals surface area contributed by atoms with E-state index in [0.29, 0.717) is 6.42 Å². The molecule has 0 fully saturated rings. The summed E-state index contributed by atoms with van der Waals surface area (Å²) in [7, 11) is 0. The number of aliphatic hydroxyl groups excluding tert-OH is 1. The van der Waals surface area contributed by atoms with Gasteiger partial charge in [0.25, 0.3) is 0 Å². The van der Waals surface area contributed by atoms with E-state index in [1.807, 2.05) is 30.3 Å². The average Bonchev–Trinajstić information content (AvgIpc) is 2.53. The van der Waals surface area contributed by atoms with Crippen molar-refractivity contribution in [3.8, 4) is 5.75 Å². The molecule has 0 amide bonds. The van der Waals surface area contributed by atoms with E-state index < -0.39 is 6.36 Å². The average molecular weight is 323 g/mol. The molecule has 0 aromatic heterocycles. The summed E-state index contributed by atoms with van der Waals surface area (Å²) in [5.41, 5.74) is 2.46. The summed E-state index contributed by atoms with van der Waals surface area (Å²) in [5, 5.41) is 12.6. The SMILES string of the molecule is OCC1CC(c2ccccc2)c2cc(OC(F)(F)F)ccc2N1. The van der Waals surface area contributed by atoms with Crippen molar-refractivity contribution in [2.75, 3.05) is 11.9 Å². The van der Waals surface area contributed by atoms with Crippen molar-refractivity contribution in [1.29, 1.82) is 0 Å². The van der Waals surface area contributed by atoms with E-state index in [9.17, 15) is 18.3 Å². The second-order valence-electron chi connectivity index (χ2n) is 5.52. The van der Waals surface area contributed by atoms with Crippen LogP contribution in [0.2, 0.25) is 0 Å². The predicted molar refractivity (Wildman–Crippen MR) is 80.5 cm³/mol. The topological polar surface area (TPSA) is 41.5 Å². The fourth-order valence-corrected chi connectivity index (χ4v) is 2.97. The molecule has 0 saturated carbocycles. The van der Waals surface area contributed by atoms with Crippen LogP contribution in [0.15, 0.2) is 48.5 Å². The van der Waals surface area contributed by atoms with Crippen LogP contribution in [0.3, 0.4) is 0 Å². The third-order valence-electron chi connectivity index (χ3n) is 3.93. The molecule has 2 aromatic rings. The Labute approximate surface area is 131 Å². The molecule has 2 unspecified atom stereocenters. The van der Waals surface area contributed by atoms with Crippen LogP contribution in [-0.2, 0) is 0 Å². The van der Waals surface area contributed by atoms with Crippen LogP contribution in [0, 0.1) is 0 Å². The summed E-state index contributed by atoms with van der Waals surface area (Å²) < 4.78 is 41.3. The summed E-state index contributed by atoms with van der Waals surface area (Å²) in [6.45, 7) is -0.0381. The van der Waals surface area contributed by atoms with Gasteiger partial charge in [-0.3, -0.25) is 0 Å². The van der Waals surface area contributed by atoms with Crippen molar-refractivity contribution in [1.82, 2.24) is 0 Å². The van der Waals surface area contributed by atoms with Gasteiger partial charge in [-0.1, -0.05) is 30.3 Å².